The minimum absolute atomic E-state index is 0.00275. The Balaban J connectivity index is 2.61. The Labute approximate surface area is 120 Å². The number of halogens is 3. The molecule has 0 aliphatic heterocycles. The molecule has 114 valence electrons. The van der Waals surface area contributed by atoms with Gasteiger partial charge in [0.2, 0.25) is 0 Å². The van der Waals surface area contributed by atoms with Crippen molar-refractivity contribution >= 4 is 11.8 Å². The molecule has 20 heavy (non-hydrogen) atoms. The largest absolute Gasteiger partial charge is 0.493 e. The minimum atomic E-state index is -4.23. The van der Waals surface area contributed by atoms with Crippen LogP contribution >= 0.6 is 11.8 Å². The Morgan fingerprint density at radius 3 is 2.55 bits per heavy atom. The van der Waals surface area contributed by atoms with Crippen molar-refractivity contribution in [1.82, 2.24) is 0 Å². The zero-order valence-corrected chi connectivity index (χ0v) is 12.2. The van der Waals surface area contributed by atoms with Gasteiger partial charge < -0.3 is 15.2 Å². The highest BCUT2D eigenvalue weighted by molar-refractivity contribution is 8.00. The van der Waals surface area contributed by atoms with E-state index in [1.807, 2.05) is 13.0 Å². The first-order valence-electron chi connectivity index (χ1n) is 6.08. The molecule has 0 aliphatic rings. The van der Waals surface area contributed by atoms with Crippen molar-refractivity contribution in [3.05, 3.63) is 23.8 Å². The van der Waals surface area contributed by atoms with E-state index >= 15 is 0 Å². The highest BCUT2D eigenvalue weighted by atomic mass is 32.2. The summed E-state index contributed by atoms with van der Waals surface area (Å²) in [5.41, 5.74) is 2.44. The summed E-state index contributed by atoms with van der Waals surface area (Å²) in [6, 6.07) is 5.33. The van der Waals surface area contributed by atoms with Crippen LogP contribution in [0.2, 0.25) is 0 Å². The maximum Gasteiger partial charge on any atom is 0.441 e. The summed E-state index contributed by atoms with van der Waals surface area (Å²) in [7, 11) is 1.48. The number of rotatable bonds is 7. The lowest BCUT2D eigenvalue weighted by Gasteiger charge is -2.13. The molecule has 1 unspecified atom stereocenters. The second kappa shape index (κ2) is 7.64. The van der Waals surface area contributed by atoms with Crippen molar-refractivity contribution in [1.29, 1.82) is 0 Å². The summed E-state index contributed by atoms with van der Waals surface area (Å²) in [5, 5.41) is 0. The summed E-state index contributed by atoms with van der Waals surface area (Å²) in [6.07, 6.45) is 0.664. The van der Waals surface area contributed by atoms with Crippen LogP contribution in [0, 0.1) is 0 Å². The second-order valence-electron chi connectivity index (χ2n) is 4.31. The summed E-state index contributed by atoms with van der Waals surface area (Å²) >= 11 is -0.105. The number of alkyl halides is 3. The molecular formula is C13H18F3NO2S. The Kier molecular flexibility index (Phi) is 6.48. The van der Waals surface area contributed by atoms with Crippen LogP contribution in [0.4, 0.5) is 13.2 Å². The van der Waals surface area contributed by atoms with Gasteiger partial charge in [-0.2, -0.15) is 13.2 Å². The lowest BCUT2D eigenvalue weighted by Crippen LogP contribution is -2.17. The van der Waals surface area contributed by atoms with E-state index in [1.165, 1.54) is 7.11 Å². The van der Waals surface area contributed by atoms with Crippen LogP contribution in [0.3, 0.4) is 0 Å². The maximum atomic E-state index is 12.0. The summed E-state index contributed by atoms with van der Waals surface area (Å²) in [6.45, 7) is 1.84. The number of nitrogens with two attached hydrogens (primary N) is 1. The van der Waals surface area contributed by atoms with Crippen molar-refractivity contribution in [3.63, 3.8) is 0 Å². The minimum Gasteiger partial charge on any atom is -0.493 e. The predicted octanol–water partition coefficient (Wildman–Crippen LogP) is 3.22. The van der Waals surface area contributed by atoms with Crippen LogP contribution < -0.4 is 15.2 Å². The number of thioether (sulfide) groups is 1. The molecule has 1 atom stereocenters. The number of benzene rings is 1. The Hall–Kier alpha value is -1.08. The molecule has 0 saturated heterocycles. The first-order chi connectivity index (χ1) is 9.31. The fraction of sp³-hybridized carbons (Fsp3) is 0.538. The smallest absolute Gasteiger partial charge is 0.441 e. The second-order valence-corrected chi connectivity index (χ2v) is 5.47. The zero-order chi connectivity index (χ0) is 15.2. The third kappa shape index (κ3) is 6.38. The summed E-state index contributed by atoms with van der Waals surface area (Å²) < 4.78 is 46.5. The third-order valence-electron chi connectivity index (χ3n) is 2.39. The van der Waals surface area contributed by atoms with Gasteiger partial charge in [0, 0.05) is 11.8 Å². The van der Waals surface area contributed by atoms with Crippen molar-refractivity contribution in [2.75, 3.05) is 19.5 Å². The van der Waals surface area contributed by atoms with Gasteiger partial charge in [-0.05, 0) is 42.8 Å². The molecule has 3 nitrogen and oxygen atoms in total. The zero-order valence-electron chi connectivity index (χ0n) is 11.4. The number of methoxy groups -OCH3 is 1. The van der Waals surface area contributed by atoms with Crippen LogP contribution in [0.25, 0.3) is 0 Å². The van der Waals surface area contributed by atoms with E-state index in [1.54, 1.807) is 12.1 Å². The van der Waals surface area contributed by atoms with Crippen molar-refractivity contribution in [2.45, 2.75) is 24.9 Å². The van der Waals surface area contributed by atoms with Gasteiger partial charge in [0.15, 0.2) is 11.5 Å². The predicted molar refractivity (Wildman–Crippen MR) is 74.4 cm³/mol. The molecular weight excluding hydrogens is 291 g/mol. The summed E-state index contributed by atoms with van der Waals surface area (Å²) in [5.74, 6) is 0.772. The van der Waals surface area contributed by atoms with E-state index < -0.39 is 5.51 Å². The topological polar surface area (TPSA) is 44.5 Å². The van der Waals surface area contributed by atoms with Gasteiger partial charge in [0.05, 0.1) is 13.7 Å². The van der Waals surface area contributed by atoms with Gasteiger partial charge in [-0.1, -0.05) is 6.07 Å². The average molecular weight is 309 g/mol. The molecule has 0 amide bonds. The molecule has 0 fully saturated rings. The quantitative estimate of drug-likeness (QED) is 0.786. The molecule has 2 N–H and O–H groups in total. The van der Waals surface area contributed by atoms with Crippen molar-refractivity contribution in [2.24, 2.45) is 5.73 Å². The summed E-state index contributed by atoms with van der Waals surface area (Å²) in [4.78, 5) is 0. The third-order valence-corrected chi connectivity index (χ3v) is 3.09. The molecule has 0 spiro atoms. The molecule has 7 heteroatoms. The van der Waals surface area contributed by atoms with Crippen LogP contribution in [-0.4, -0.2) is 31.0 Å². The molecule has 0 saturated carbocycles. The highest BCUT2D eigenvalue weighted by Crippen LogP contribution is 2.31. The highest BCUT2D eigenvalue weighted by Gasteiger charge is 2.27. The average Bonchev–Trinajstić information content (AvgIpc) is 2.33. The van der Waals surface area contributed by atoms with E-state index in [0.29, 0.717) is 17.9 Å². The standard InChI is InChI=1S/C13H18F3NO2S/c1-9(17)7-10-3-4-11(18-2)12(8-10)19-5-6-20-13(14,15)16/h3-4,8-9H,5-7,17H2,1-2H3. The molecule has 0 heterocycles. The SMILES string of the molecule is COc1ccc(CC(C)N)cc1OCCSC(F)(F)F. The van der Waals surface area contributed by atoms with Gasteiger partial charge in [-0.3, -0.25) is 0 Å². The van der Waals surface area contributed by atoms with E-state index in [9.17, 15) is 13.2 Å². The van der Waals surface area contributed by atoms with E-state index in [2.05, 4.69) is 0 Å². The number of hydrogen-bond donors (Lipinski definition) is 1. The van der Waals surface area contributed by atoms with Crippen molar-refractivity contribution < 1.29 is 22.6 Å². The van der Waals surface area contributed by atoms with Crippen LogP contribution in [0.1, 0.15) is 12.5 Å². The van der Waals surface area contributed by atoms with Crippen LogP contribution in [-0.2, 0) is 6.42 Å². The number of ether oxygens (including phenoxy) is 2. The van der Waals surface area contributed by atoms with Crippen LogP contribution in [0.15, 0.2) is 18.2 Å². The van der Waals surface area contributed by atoms with Gasteiger partial charge >= 0.3 is 5.51 Å². The first kappa shape index (κ1) is 17.0. The maximum absolute atomic E-state index is 12.0. The molecule has 0 aliphatic carbocycles. The van der Waals surface area contributed by atoms with Crippen molar-refractivity contribution in [3.8, 4) is 11.5 Å². The van der Waals surface area contributed by atoms with E-state index in [4.69, 9.17) is 15.2 Å². The molecule has 1 rings (SSSR count). The Bertz CT molecular complexity index is 425. The molecule has 1 aromatic rings. The fourth-order valence-electron chi connectivity index (χ4n) is 1.64. The van der Waals surface area contributed by atoms with E-state index in [-0.39, 0.29) is 30.2 Å². The van der Waals surface area contributed by atoms with Crippen LogP contribution in [0.5, 0.6) is 11.5 Å². The molecule has 0 aromatic heterocycles. The Morgan fingerprint density at radius 2 is 2.00 bits per heavy atom. The lowest BCUT2D eigenvalue weighted by atomic mass is 10.1. The van der Waals surface area contributed by atoms with Gasteiger partial charge in [-0.15, -0.1) is 0 Å². The van der Waals surface area contributed by atoms with Gasteiger partial charge in [0.25, 0.3) is 0 Å². The van der Waals surface area contributed by atoms with E-state index in [0.717, 1.165) is 5.56 Å². The normalized spacial score (nSPS) is 13.1. The molecule has 1 aromatic carbocycles. The number of hydrogen-bond acceptors (Lipinski definition) is 4. The monoisotopic (exact) mass is 309 g/mol. The first-order valence-corrected chi connectivity index (χ1v) is 7.06. The van der Waals surface area contributed by atoms with Gasteiger partial charge in [-0.25, -0.2) is 0 Å². The Morgan fingerprint density at radius 1 is 1.30 bits per heavy atom. The molecule has 0 radical (unpaired) electrons. The van der Waals surface area contributed by atoms with Gasteiger partial charge in [0.1, 0.15) is 0 Å². The fourth-order valence-corrected chi connectivity index (χ4v) is 2.04. The molecule has 0 bridgehead atoms. The lowest BCUT2D eigenvalue weighted by molar-refractivity contribution is -0.0329.